The molecule has 0 radical (unpaired) electrons. The van der Waals surface area contributed by atoms with Crippen LogP contribution in [0.25, 0.3) is 0 Å². The molecule has 8 nitrogen and oxygen atoms in total. The van der Waals surface area contributed by atoms with Crippen molar-refractivity contribution in [3.05, 3.63) is 63.9 Å². The van der Waals surface area contributed by atoms with E-state index in [4.69, 9.17) is 23.6 Å². The van der Waals surface area contributed by atoms with Gasteiger partial charge in [-0.05, 0) is 79.0 Å². The number of aliphatic imine (C=N–C) groups is 1. The van der Waals surface area contributed by atoms with Crippen LogP contribution in [0.4, 0.5) is 5.00 Å². The number of carbonyl (C=O) groups is 2. The summed E-state index contributed by atoms with van der Waals surface area (Å²) in [6, 6.07) is 8.97. The van der Waals surface area contributed by atoms with Gasteiger partial charge in [0.05, 0.1) is 32.1 Å². The van der Waals surface area contributed by atoms with Crippen LogP contribution in [0.15, 0.2) is 46.0 Å². The first-order chi connectivity index (χ1) is 18.7. The number of hydrogen-bond donors (Lipinski definition) is 1. The minimum Gasteiger partial charge on any atom is -0.493 e. The number of esters is 1. The van der Waals surface area contributed by atoms with Crippen molar-refractivity contribution in [1.29, 1.82) is 0 Å². The van der Waals surface area contributed by atoms with Crippen molar-refractivity contribution in [2.45, 2.75) is 53.5 Å². The molecule has 1 N–H and O–H groups in total. The fraction of sp³-hybridized carbons (Fsp3) is 0.433. The van der Waals surface area contributed by atoms with E-state index in [1.54, 1.807) is 48.9 Å². The first-order valence-electron chi connectivity index (χ1n) is 13.1. The van der Waals surface area contributed by atoms with Gasteiger partial charge in [-0.2, -0.15) is 0 Å². The molecule has 1 amide bonds. The lowest BCUT2D eigenvalue weighted by Gasteiger charge is -2.33. The number of fused-ring (bicyclic) bond motifs is 1. The number of ether oxygens (including phenoxy) is 3. The number of thiophene rings is 1. The van der Waals surface area contributed by atoms with E-state index in [1.165, 1.54) is 12.0 Å². The number of rotatable bonds is 10. The highest BCUT2D eigenvalue weighted by Crippen LogP contribution is 2.45. The van der Waals surface area contributed by atoms with E-state index in [2.05, 4.69) is 26.1 Å². The van der Waals surface area contributed by atoms with Crippen LogP contribution in [0, 0.1) is 11.3 Å². The Morgan fingerprint density at radius 3 is 2.74 bits per heavy atom. The smallest absolute Gasteiger partial charge is 0.344 e. The van der Waals surface area contributed by atoms with E-state index >= 15 is 0 Å². The molecule has 0 saturated heterocycles. The van der Waals surface area contributed by atoms with Crippen molar-refractivity contribution in [3.8, 4) is 11.5 Å². The number of amides is 1. The molecule has 2 heterocycles. The standard InChI is InChI=1S/C30H36N2O6S/c1-6-36-26(33)18-38-23-12-9-19(14-24(23)35-5)16-32-29-27(28(34)31-17-21-8-7-13-37-21)22-11-10-20(30(2,3)4)15-25(22)39-29/h7-9,12-14,16,20H,6,10-11,15,17-18H2,1-5H3,(H,31,34)/t20-/m0/s1. The second-order valence-electron chi connectivity index (χ2n) is 10.5. The van der Waals surface area contributed by atoms with Gasteiger partial charge < -0.3 is 23.9 Å². The van der Waals surface area contributed by atoms with Gasteiger partial charge in [-0.15, -0.1) is 11.3 Å². The van der Waals surface area contributed by atoms with Gasteiger partial charge in [0, 0.05) is 11.1 Å². The lowest BCUT2D eigenvalue weighted by Crippen LogP contribution is -2.28. The zero-order chi connectivity index (χ0) is 28.0. The molecular weight excluding hydrogens is 516 g/mol. The van der Waals surface area contributed by atoms with Crippen molar-refractivity contribution in [1.82, 2.24) is 5.32 Å². The lowest BCUT2D eigenvalue weighted by molar-refractivity contribution is -0.145. The molecule has 0 unspecified atom stereocenters. The fourth-order valence-corrected chi connectivity index (χ4v) is 5.93. The molecule has 0 bridgehead atoms. The molecule has 0 aliphatic heterocycles. The second-order valence-corrected chi connectivity index (χ2v) is 11.6. The van der Waals surface area contributed by atoms with Crippen LogP contribution in [0.1, 0.15) is 66.2 Å². The molecule has 2 aromatic heterocycles. The quantitative estimate of drug-likeness (QED) is 0.240. The predicted molar refractivity (Wildman–Crippen MR) is 152 cm³/mol. The van der Waals surface area contributed by atoms with Crippen molar-refractivity contribution in [3.63, 3.8) is 0 Å². The van der Waals surface area contributed by atoms with Gasteiger partial charge in [0.15, 0.2) is 18.1 Å². The third-order valence-electron chi connectivity index (χ3n) is 6.87. The van der Waals surface area contributed by atoms with Crippen LogP contribution in [0.2, 0.25) is 0 Å². The van der Waals surface area contributed by atoms with Crippen LogP contribution in [-0.4, -0.2) is 38.4 Å². The fourth-order valence-electron chi connectivity index (χ4n) is 4.66. The topological polar surface area (TPSA) is 99.4 Å². The Morgan fingerprint density at radius 1 is 1.23 bits per heavy atom. The average molecular weight is 553 g/mol. The van der Waals surface area contributed by atoms with E-state index in [1.807, 2.05) is 12.1 Å². The highest BCUT2D eigenvalue weighted by molar-refractivity contribution is 7.16. The first kappa shape index (κ1) is 28.4. The summed E-state index contributed by atoms with van der Waals surface area (Å²) in [5, 5.41) is 3.69. The summed E-state index contributed by atoms with van der Waals surface area (Å²) in [6.45, 7) is 8.98. The monoisotopic (exact) mass is 552 g/mol. The van der Waals surface area contributed by atoms with Crippen molar-refractivity contribution >= 4 is 34.4 Å². The molecular formula is C30H36N2O6S. The number of hydrogen-bond acceptors (Lipinski definition) is 8. The number of nitrogens with zero attached hydrogens (tertiary/aromatic N) is 1. The molecule has 0 fully saturated rings. The molecule has 1 aromatic carbocycles. The summed E-state index contributed by atoms with van der Waals surface area (Å²) >= 11 is 1.59. The minimum atomic E-state index is -0.446. The maximum Gasteiger partial charge on any atom is 0.344 e. The molecule has 0 spiro atoms. The molecule has 39 heavy (non-hydrogen) atoms. The molecule has 208 valence electrons. The minimum absolute atomic E-state index is 0.148. The molecule has 1 aliphatic carbocycles. The van der Waals surface area contributed by atoms with Crippen LogP contribution in [0.5, 0.6) is 11.5 Å². The normalized spacial score (nSPS) is 15.2. The van der Waals surface area contributed by atoms with Gasteiger partial charge in [0.2, 0.25) is 0 Å². The summed E-state index contributed by atoms with van der Waals surface area (Å²) in [4.78, 5) is 31.1. The van der Waals surface area contributed by atoms with E-state index in [9.17, 15) is 9.59 Å². The lowest BCUT2D eigenvalue weighted by atomic mass is 9.72. The number of methoxy groups -OCH3 is 1. The summed E-state index contributed by atoms with van der Waals surface area (Å²) in [5.74, 6) is 1.55. The first-order valence-corrected chi connectivity index (χ1v) is 14.0. The van der Waals surface area contributed by atoms with Gasteiger partial charge in [-0.1, -0.05) is 20.8 Å². The van der Waals surface area contributed by atoms with Gasteiger partial charge in [-0.25, -0.2) is 9.79 Å². The summed E-state index contributed by atoms with van der Waals surface area (Å²) in [7, 11) is 1.54. The summed E-state index contributed by atoms with van der Waals surface area (Å²) in [5.41, 5.74) is 2.72. The SMILES string of the molecule is CCOC(=O)COc1ccc(C=Nc2sc3c(c2C(=O)NCc2ccco2)CC[C@H](C(C)(C)C)C3)cc1OC. The summed E-state index contributed by atoms with van der Waals surface area (Å²) in [6.07, 6.45) is 6.15. The highest BCUT2D eigenvalue weighted by atomic mass is 32.1. The zero-order valence-electron chi connectivity index (χ0n) is 23.2. The Kier molecular flexibility index (Phi) is 9.12. The Balaban J connectivity index is 1.59. The molecule has 4 rings (SSSR count). The number of furan rings is 1. The van der Waals surface area contributed by atoms with Crippen molar-refractivity contribution < 1.29 is 28.2 Å². The van der Waals surface area contributed by atoms with E-state index < -0.39 is 5.97 Å². The second kappa shape index (κ2) is 12.5. The largest absolute Gasteiger partial charge is 0.493 e. The molecule has 0 saturated carbocycles. The van der Waals surface area contributed by atoms with Crippen LogP contribution in [0.3, 0.4) is 0 Å². The van der Waals surface area contributed by atoms with E-state index in [0.717, 1.165) is 30.4 Å². The van der Waals surface area contributed by atoms with Gasteiger partial charge in [0.1, 0.15) is 10.8 Å². The van der Waals surface area contributed by atoms with E-state index in [-0.39, 0.29) is 17.9 Å². The number of nitrogens with one attached hydrogen (secondary N) is 1. The van der Waals surface area contributed by atoms with E-state index in [0.29, 0.717) is 46.9 Å². The zero-order valence-corrected chi connectivity index (χ0v) is 24.0. The third-order valence-corrected chi connectivity index (χ3v) is 8.03. The third kappa shape index (κ3) is 7.09. The molecule has 9 heteroatoms. The number of carbonyl (C=O) groups excluding carboxylic acids is 2. The van der Waals surface area contributed by atoms with Gasteiger partial charge in [-0.3, -0.25) is 4.79 Å². The molecule has 1 aliphatic rings. The predicted octanol–water partition coefficient (Wildman–Crippen LogP) is 6.12. The van der Waals surface area contributed by atoms with Crippen molar-refractivity contribution in [2.24, 2.45) is 16.3 Å². The maximum absolute atomic E-state index is 13.4. The van der Waals surface area contributed by atoms with Crippen LogP contribution in [-0.2, 0) is 28.9 Å². The Morgan fingerprint density at radius 2 is 2.05 bits per heavy atom. The Hall–Kier alpha value is -3.59. The van der Waals surface area contributed by atoms with Crippen LogP contribution >= 0.6 is 11.3 Å². The number of benzene rings is 1. The Labute approximate surface area is 233 Å². The summed E-state index contributed by atoms with van der Waals surface area (Å²) < 4.78 is 21.3. The van der Waals surface area contributed by atoms with Gasteiger partial charge in [0.25, 0.3) is 5.91 Å². The van der Waals surface area contributed by atoms with Gasteiger partial charge >= 0.3 is 5.97 Å². The highest BCUT2D eigenvalue weighted by Gasteiger charge is 2.33. The van der Waals surface area contributed by atoms with Crippen molar-refractivity contribution in [2.75, 3.05) is 20.3 Å². The molecule has 3 aromatic rings. The average Bonchev–Trinajstić information content (AvgIpc) is 3.56. The maximum atomic E-state index is 13.4. The van der Waals surface area contributed by atoms with Crippen LogP contribution < -0.4 is 14.8 Å². The Bertz CT molecular complexity index is 1320. The molecule has 1 atom stereocenters.